The van der Waals surface area contributed by atoms with Crippen molar-refractivity contribution < 1.29 is 0 Å². The Hall–Kier alpha value is -1.69. The fraction of sp³-hybridized carbons (Fsp3) is 0.174. The van der Waals surface area contributed by atoms with E-state index >= 15 is 0 Å². The van der Waals surface area contributed by atoms with Crippen LogP contribution in [0.1, 0.15) is 19.8 Å². The molecule has 0 unspecified atom stereocenters. The van der Waals surface area contributed by atoms with Crippen LogP contribution in [-0.4, -0.2) is 10.9 Å². The standard InChI is InChI=1S/C23H25PS/c1-2-3-19-25-20-24(21-13-7-4-8-14-21,22-15-9-5-10-16-22)23-17-11-6-12-18-23/h4-18,20H,2-3,19H2,1H3. The SMILES string of the molecule is CCCCSC=P(c1ccccc1)(c1ccccc1)c1ccccc1. The van der Waals surface area contributed by atoms with Gasteiger partial charge in [0.2, 0.25) is 0 Å². The van der Waals surface area contributed by atoms with Gasteiger partial charge in [-0.05, 0) is 40.1 Å². The summed E-state index contributed by atoms with van der Waals surface area (Å²) in [6, 6.07) is 33.1. The van der Waals surface area contributed by atoms with E-state index in [9.17, 15) is 0 Å². The van der Waals surface area contributed by atoms with Gasteiger partial charge in [-0.3, -0.25) is 0 Å². The molecule has 0 heterocycles. The van der Waals surface area contributed by atoms with Crippen LogP contribution < -0.4 is 15.9 Å². The maximum Gasteiger partial charge on any atom is -0.00255 e. The monoisotopic (exact) mass is 364 g/mol. The Morgan fingerprint density at radius 1 is 0.680 bits per heavy atom. The molecule has 3 aromatic rings. The number of hydrogen-bond acceptors (Lipinski definition) is 1. The first kappa shape index (κ1) is 18.1. The van der Waals surface area contributed by atoms with Crippen molar-refractivity contribution in [2.45, 2.75) is 19.8 Å². The second-order valence-electron chi connectivity index (χ2n) is 6.06. The third-order valence-corrected chi connectivity index (χ3v) is 10.1. The summed E-state index contributed by atoms with van der Waals surface area (Å²) >= 11 is 1.99. The van der Waals surface area contributed by atoms with Crippen molar-refractivity contribution in [3.05, 3.63) is 91.0 Å². The van der Waals surface area contributed by atoms with Gasteiger partial charge in [-0.25, -0.2) is 0 Å². The summed E-state index contributed by atoms with van der Waals surface area (Å²) in [6.45, 7) is 0.503. The van der Waals surface area contributed by atoms with Gasteiger partial charge in [-0.2, -0.15) is 0 Å². The summed E-state index contributed by atoms with van der Waals surface area (Å²) in [5, 5.41) is 6.84. The van der Waals surface area contributed by atoms with Crippen molar-refractivity contribution in [2.24, 2.45) is 0 Å². The van der Waals surface area contributed by atoms with Gasteiger partial charge < -0.3 is 0 Å². The van der Waals surface area contributed by atoms with E-state index in [-0.39, 0.29) is 0 Å². The van der Waals surface area contributed by atoms with Crippen molar-refractivity contribution in [2.75, 3.05) is 5.75 Å². The summed E-state index contributed by atoms with van der Waals surface area (Å²) in [6.07, 6.45) is 2.51. The summed E-state index contributed by atoms with van der Waals surface area (Å²) < 4.78 is 0. The van der Waals surface area contributed by atoms with Gasteiger partial charge in [0.15, 0.2) is 0 Å². The molecular weight excluding hydrogens is 339 g/mol. The van der Waals surface area contributed by atoms with E-state index in [1.807, 2.05) is 11.8 Å². The molecule has 0 aliphatic rings. The first-order chi connectivity index (χ1) is 12.4. The summed E-state index contributed by atoms with van der Waals surface area (Å²) in [7, 11) is 0. The molecular formula is C23H25PS. The second kappa shape index (κ2) is 9.13. The van der Waals surface area contributed by atoms with Gasteiger partial charge in [0.25, 0.3) is 0 Å². The molecule has 0 radical (unpaired) electrons. The Kier molecular flexibility index (Phi) is 6.62. The van der Waals surface area contributed by atoms with Crippen LogP contribution in [-0.2, 0) is 0 Å². The van der Waals surface area contributed by atoms with Gasteiger partial charge in [-0.1, -0.05) is 104 Å². The highest BCUT2D eigenvalue weighted by atomic mass is 32.2. The molecule has 3 rings (SSSR count). The molecule has 0 aromatic heterocycles. The Balaban J connectivity index is 2.24. The molecule has 0 saturated heterocycles. The van der Waals surface area contributed by atoms with Crippen molar-refractivity contribution in [3.63, 3.8) is 0 Å². The molecule has 25 heavy (non-hydrogen) atoms. The topological polar surface area (TPSA) is 0 Å². The molecule has 3 aromatic carbocycles. The molecule has 0 amide bonds. The fourth-order valence-electron chi connectivity index (χ4n) is 3.01. The van der Waals surface area contributed by atoms with Crippen molar-refractivity contribution in [1.82, 2.24) is 0 Å². The molecule has 2 heteroatoms. The van der Waals surface area contributed by atoms with Crippen LogP contribution in [0.2, 0.25) is 0 Å². The lowest BCUT2D eigenvalue weighted by molar-refractivity contribution is 0.898. The van der Waals surface area contributed by atoms with Crippen LogP contribution in [0.25, 0.3) is 0 Å². The Bertz CT molecular complexity index is 707. The summed E-state index contributed by atoms with van der Waals surface area (Å²) in [5.41, 5.74) is 0. The van der Waals surface area contributed by atoms with Crippen molar-refractivity contribution in [3.8, 4) is 0 Å². The van der Waals surface area contributed by atoms with E-state index in [1.165, 1.54) is 34.5 Å². The first-order valence-electron chi connectivity index (χ1n) is 8.89. The molecule has 0 atom stereocenters. The minimum atomic E-state index is -1.76. The maximum atomic E-state index is 2.56. The van der Waals surface area contributed by atoms with Gasteiger partial charge in [0.05, 0.1) is 0 Å². The summed E-state index contributed by atoms with van der Waals surface area (Å²) in [4.78, 5) is 0. The number of rotatable bonds is 7. The first-order valence-corrected chi connectivity index (χ1v) is 11.8. The normalized spacial score (nSPS) is 11.2. The minimum absolute atomic E-state index is 1.19. The lowest BCUT2D eigenvalue weighted by Crippen LogP contribution is -2.26. The third-order valence-electron chi connectivity index (χ3n) is 4.34. The molecule has 0 aliphatic heterocycles. The fourth-order valence-corrected chi connectivity index (χ4v) is 9.07. The summed E-state index contributed by atoms with van der Waals surface area (Å²) in [5.74, 6) is 1.19. The minimum Gasteiger partial charge on any atom is -0.133 e. The second-order valence-corrected chi connectivity index (χ2v) is 10.6. The lowest BCUT2D eigenvalue weighted by Gasteiger charge is -2.28. The van der Waals surface area contributed by atoms with E-state index < -0.39 is 6.89 Å². The molecule has 0 aliphatic carbocycles. The quantitative estimate of drug-likeness (QED) is 0.406. The molecule has 0 nitrogen and oxygen atoms in total. The zero-order valence-electron chi connectivity index (χ0n) is 14.7. The predicted octanol–water partition coefficient (Wildman–Crippen LogP) is 5.27. The highest BCUT2D eigenvalue weighted by molar-refractivity contribution is 8.22. The van der Waals surface area contributed by atoms with E-state index in [4.69, 9.17) is 0 Å². The van der Waals surface area contributed by atoms with E-state index in [0.29, 0.717) is 0 Å². The zero-order valence-corrected chi connectivity index (χ0v) is 16.4. The maximum absolute atomic E-state index is 2.56. The van der Waals surface area contributed by atoms with E-state index in [2.05, 4.69) is 103 Å². The van der Waals surface area contributed by atoms with E-state index in [0.717, 1.165) is 0 Å². The van der Waals surface area contributed by atoms with E-state index in [1.54, 1.807) is 0 Å². The Labute approximate surface area is 156 Å². The van der Waals surface area contributed by atoms with Crippen molar-refractivity contribution >= 4 is 39.7 Å². The number of unbranched alkanes of at least 4 members (excludes halogenated alkanes) is 1. The highest BCUT2D eigenvalue weighted by Gasteiger charge is 2.24. The average molecular weight is 364 g/mol. The van der Waals surface area contributed by atoms with Crippen LogP contribution in [0, 0.1) is 0 Å². The average Bonchev–Trinajstić information content (AvgIpc) is 2.70. The van der Waals surface area contributed by atoms with Crippen LogP contribution in [0.5, 0.6) is 0 Å². The van der Waals surface area contributed by atoms with Gasteiger partial charge in [0.1, 0.15) is 0 Å². The highest BCUT2D eigenvalue weighted by Crippen LogP contribution is 2.45. The number of hydrogen-bond donors (Lipinski definition) is 0. The molecule has 0 saturated carbocycles. The van der Waals surface area contributed by atoms with Gasteiger partial charge in [-0.15, -0.1) is 11.8 Å². The number of benzene rings is 3. The smallest absolute Gasteiger partial charge is 0.00255 e. The van der Waals surface area contributed by atoms with Crippen LogP contribution in [0.15, 0.2) is 91.0 Å². The van der Waals surface area contributed by atoms with Gasteiger partial charge >= 0.3 is 0 Å². The van der Waals surface area contributed by atoms with Crippen LogP contribution in [0.4, 0.5) is 0 Å². The third kappa shape index (κ3) is 4.11. The lowest BCUT2D eigenvalue weighted by atomic mass is 10.4. The van der Waals surface area contributed by atoms with Crippen molar-refractivity contribution in [1.29, 1.82) is 0 Å². The molecule has 128 valence electrons. The van der Waals surface area contributed by atoms with Crippen LogP contribution in [0.3, 0.4) is 0 Å². The molecule has 0 spiro atoms. The van der Waals surface area contributed by atoms with Crippen LogP contribution >= 0.6 is 18.6 Å². The molecule has 0 N–H and O–H groups in total. The zero-order chi connectivity index (χ0) is 17.4. The van der Waals surface area contributed by atoms with Gasteiger partial charge in [0, 0.05) is 0 Å². The number of thioether (sulfide) groups is 1. The predicted molar refractivity (Wildman–Crippen MR) is 119 cm³/mol. The molecule has 0 bridgehead atoms. The Morgan fingerprint density at radius 3 is 1.44 bits per heavy atom. The Morgan fingerprint density at radius 2 is 1.08 bits per heavy atom. The molecule has 0 fully saturated rings. The largest absolute Gasteiger partial charge is 0.133 e.